The number of allylic oxidation sites excluding steroid dienone is 3. The van der Waals surface area contributed by atoms with Gasteiger partial charge in [0.15, 0.2) is 0 Å². The fraction of sp³-hybridized carbons (Fsp3) is 0.733. The Hall–Kier alpha value is -0.410. The minimum atomic E-state index is 0.624. The lowest BCUT2D eigenvalue weighted by atomic mass is 9.89. The Bertz CT molecular complexity index is 375. The highest BCUT2D eigenvalue weighted by molar-refractivity contribution is 8.03. The lowest BCUT2D eigenvalue weighted by molar-refractivity contribution is 0.322. The van der Waals surface area contributed by atoms with Gasteiger partial charge in [-0.05, 0) is 63.7 Å². The van der Waals surface area contributed by atoms with Gasteiger partial charge in [0.05, 0.1) is 5.37 Å². The molecule has 0 radical (unpaired) electrons. The van der Waals surface area contributed by atoms with E-state index in [4.69, 9.17) is 0 Å². The van der Waals surface area contributed by atoms with Crippen molar-refractivity contribution in [2.45, 2.75) is 38.0 Å². The van der Waals surface area contributed by atoms with Crippen molar-refractivity contribution in [3.63, 3.8) is 0 Å². The lowest BCUT2D eigenvalue weighted by Gasteiger charge is -2.27. The molecular weight excluding hydrogens is 240 g/mol. The highest BCUT2D eigenvalue weighted by Gasteiger charge is 2.34. The highest BCUT2D eigenvalue weighted by atomic mass is 32.2. The quantitative estimate of drug-likeness (QED) is 0.783. The van der Waals surface area contributed by atoms with Crippen LogP contribution in [0.25, 0.3) is 0 Å². The molecule has 0 aromatic heterocycles. The van der Waals surface area contributed by atoms with Crippen molar-refractivity contribution in [1.82, 2.24) is 10.2 Å². The maximum Gasteiger partial charge on any atom is 0.0798 e. The molecule has 0 bridgehead atoms. The first-order valence-electron chi connectivity index (χ1n) is 7.25. The van der Waals surface area contributed by atoms with Crippen molar-refractivity contribution < 1.29 is 0 Å². The minimum Gasteiger partial charge on any atom is -0.372 e. The second-order valence-electron chi connectivity index (χ2n) is 5.98. The van der Waals surface area contributed by atoms with Crippen LogP contribution in [0.1, 0.15) is 32.6 Å². The molecule has 0 aromatic carbocycles. The van der Waals surface area contributed by atoms with E-state index in [1.807, 2.05) is 0 Å². The molecule has 18 heavy (non-hydrogen) atoms. The van der Waals surface area contributed by atoms with E-state index in [1.54, 1.807) is 4.91 Å². The van der Waals surface area contributed by atoms with Crippen LogP contribution in [0.3, 0.4) is 0 Å². The van der Waals surface area contributed by atoms with Gasteiger partial charge in [-0.25, -0.2) is 0 Å². The van der Waals surface area contributed by atoms with Crippen LogP contribution >= 0.6 is 11.8 Å². The second-order valence-corrected chi connectivity index (χ2v) is 7.22. The first kappa shape index (κ1) is 12.6. The third-order valence-electron chi connectivity index (χ3n) is 4.62. The average Bonchev–Trinajstić information content (AvgIpc) is 2.72. The van der Waals surface area contributed by atoms with Gasteiger partial charge in [-0.1, -0.05) is 13.0 Å². The van der Waals surface area contributed by atoms with Crippen molar-refractivity contribution in [3.8, 4) is 0 Å². The van der Waals surface area contributed by atoms with E-state index >= 15 is 0 Å². The molecule has 3 rings (SSSR count). The molecule has 2 aliphatic heterocycles. The number of nitrogens with one attached hydrogen (secondary N) is 1. The van der Waals surface area contributed by atoms with Crippen molar-refractivity contribution in [2.75, 3.05) is 20.1 Å². The first-order valence-corrected chi connectivity index (χ1v) is 8.13. The first-order chi connectivity index (χ1) is 8.74. The summed E-state index contributed by atoms with van der Waals surface area (Å²) in [4.78, 5) is 4.09. The minimum absolute atomic E-state index is 0.624. The van der Waals surface area contributed by atoms with Gasteiger partial charge in [-0.15, -0.1) is 11.8 Å². The maximum absolute atomic E-state index is 3.77. The maximum atomic E-state index is 3.77. The molecule has 2 heterocycles. The van der Waals surface area contributed by atoms with E-state index in [0.717, 1.165) is 11.8 Å². The Morgan fingerprint density at radius 2 is 2.17 bits per heavy atom. The van der Waals surface area contributed by atoms with E-state index in [0.29, 0.717) is 5.37 Å². The Kier molecular flexibility index (Phi) is 3.71. The fourth-order valence-electron chi connectivity index (χ4n) is 3.28. The molecule has 0 aromatic rings. The Morgan fingerprint density at radius 3 is 3.00 bits per heavy atom. The van der Waals surface area contributed by atoms with Gasteiger partial charge in [0.1, 0.15) is 0 Å². The fourth-order valence-corrected chi connectivity index (χ4v) is 4.84. The third kappa shape index (κ3) is 2.48. The highest BCUT2D eigenvalue weighted by Crippen LogP contribution is 2.43. The summed E-state index contributed by atoms with van der Waals surface area (Å²) in [5.41, 5.74) is 1.42. The van der Waals surface area contributed by atoms with Gasteiger partial charge in [0.2, 0.25) is 0 Å². The molecule has 1 saturated heterocycles. The van der Waals surface area contributed by atoms with Gasteiger partial charge in [0.25, 0.3) is 0 Å². The standard InChI is InChI=1S/C15H24N2S/c1-11-7-9-17(2)10-8-12(11)15-16-13-5-3-4-6-14(13)18-15/h3,5,11-12,15-16H,4,6-10H2,1-2H3/t11-,12+,15?/m1/s1. The summed E-state index contributed by atoms with van der Waals surface area (Å²) in [6.45, 7) is 4.97. The van der Waals surface area contributed by atoms with Crippen LogP contribution in [-0.4, -0.2) is 30.4 Å². The van der Waals surface area contributed by atoms with Crippen molar-refractivity contribution in [2.24, 2.45) is 11.8 Å². The molecule has 2 nitrogen and oxygen atoms in total. The summed E-state index contributed by atoms with van der Waals surface area (Å²) >= 11 is 2.11. The number of hydrogen-bond acceptors (Lipinski definition) is 3. The average molecular weight is 264 g/mol. The zero-order valence-corrected chi connectivity index (χ0v) is 12.3. The number of likely N-dealkylation sites (tertiary alicyclic amines) is 1. The van der Waals surface area contributed by atoms with Crippen LogP contribution in [0.4, 0.5) is 0 Å². The van der Waals surface area contributed by atoms with Crippen LogP contribution in [0, 0.1) is 11.8 Å². The summed E-state index contributed by atoms with van der Waals surface area (Å²) < 4.78 is 0. The van der Waals surface area contributed by atoms with Gasteiger partial charge in [-0.2, -0.15) is 0 Å². The van der Waals surface area contributed by atoms with Crippen molar-refractivity contribution >= 4 is 11.8 Å². The SMILES string of the molecule is C[C@@H]1CCN(C)CC[C@@H]1C1NC2=C(CCC=C2)S1. The molecule has 1 N–H and O–H groups in total. The van der Waals surface area contributed by atoms with Crippen LogP contribution < -0.4 is 5.32 Å². The predicted molar refractivity (Wildman–Crippen MR) is 79.3 cm³/mol. The van der Waals surface area contributed by atoms with Crippen molar-refractivity contribution in [3.05, 3.63) is 22.8 Å². The summed E-state index contributed by atoms with van der Waals surface area (Å²) in [6, 6.07) is 0. The van der Waals surface area contributed by atoms with Crippen LogP contribution in [0.2, 0.25) is 0 Å². The largest absolute Gasteiger partial charge is 0.372 e. The smallest absolute Gasteiger partial charge is 0.0798 e. The topological polar surface area (TPSA) is 15.3 Å². The molecule has 3 atom stereocenters. The Balaban J connectivity index is 1.67. The summed E-state index contributed by atoms with van der Waals surface area (Å²) in [6.07, 6.45) is 9.76. The van der Waals surface area contributed by atoms with Crippen LogP contribution in [0.15, 0.2) is 22.8 Å². The number of rotatable bonds is 1. The molecule has 100 valence electrons. The number of thioether (sulfide) groups is 1. The lowest BCUT2D eigenvalue weighted by Crippen LogP contribution is -2.33. The van der Waals surface area contributed by atoms with E-state index in [1.165, 1.54) is 44.5 Å². The zero-order chi connectivity index (χ0) is 12.5. The van der Waals surface area contributed by atoms with Gasteiger partial charge in [0, 0.05) is 10.6 Å². The molecule has 1 unspecified atom stereocenters. The predicted octanol–water partition coefficient (Wildman–Crippen LogP) is 3.19. The van der Waals surface area contributed by atoms with Crippen molar-refractivity contribution in [1.29, 1.82) is 0 Å². The number of hydrogen-bond donors (Lipinski definition) is 1. The molecule has 0 amide bonds. The summed E-state index contributed by atoms with van der Waals surface area (Å²) in [5, 5.41) is 4.40. The Morgan fingerprint density at radius 1 is 1.33 bits per heavy atom. The monoisotopic (exact) mass is 264 g/mol. The molecule has 0 spiro atoms. The van der Waals surface area contributed by atoms with E-state index in [9.17, 15) is 0 Å². The molecular formula is C15H24N2S. The molecule has 0 saturated carbocycles. The Labute approximate surface area is 115 Å². The second kappa shape index (κ2) is 5.30. The summed E-state index contributed by atoms with van der Waals surface area (Å²) in [7, 11) is 2.26. The van der Waals surface area contributed by atoms with Gasteiger partial charge >= 0.3 is 0 Å². The molecule has 3 heteroatoms. The van der Waals surface area contributed by atoms with E-state index < -0.39 is 0 Å². The molecule has 1 aliphatic carbocycles. The third-order valence-corrected chi connectivity index (χ3v) is 6.05. The van der Waals surface area contributed by atoms with Gasteiger partial charge < -0.3 is 10.2 Å². The normalized spacial score (nSPS) is 37.3. The van der Waals surface area contributed by atoms with E-state index in [2.05, 4.69) is 48.1 Å². The number of nitrogens with zero attached hydrogens (tertiary/aromatic N) is 1. The molecule has 3 aliphatic rings. The van der Waals surface area contributed by atoms with Crippen LogP contribution in [-0.2, 0) is 0 Å². The summed E-state index contributed by atoms with van der Waals surface area (Å²) in [5.74, 6) is 1.66. The van der Waals surface area contributed by atoms with Crippen LogP contribution in [0.5, 0.6) is 0 Å². The van der Waals surface area contributed by atoms with E-state index in [-0.39, 0.29) is 0 Å². The van der Waals surface area contributed by atoms with Gasteiger partial charge in [-0.3, -0.25) is 0 Å². The molecule has 1 fully saturated rings. The zero-order valence-electron chi connectivity index (χ0n) is 11.5.